The van der Waals surface area contributed by atoms with Crippen LogP contribution >= 0.6 is 24.0 Å². The Labute approximate surface area is 190 Å². The second kappa shape index (κ2) is 9.24. The van der Waals surface area contributed by atoms with Crippen LogP contribution in [0.2, 0.25) is 0 Å². The van der Waals surface area contributed by atoms with E-state index in [0.717, 1.165) is 37.7 Å². The molecule has 0 bridgehead atoms. The van der Waals surface area contributed by atoms with Gasteiger partial charge in [-0.1, -0.05) is 30.9 Å². The summed E-state index contributed by atoms with van der Waals surface area (Å²) >= 11 is 6.38. The lowest BCUT2D eigenvalue weighted by molar-refractivity contribution is -0.137. The molecule has 1 N–H and O–H groups in total. The number of piperidine rings is 1. The van der Waals surface area contributed by atoms with Gasteiger partial charge in [-0.3, -0.25) is 23.9 Å². The first-order valence-corrected chi connectivity index (χ1v) is 11.2. The molecule has 3 rings (SSSR count). The van der Waals surface area contributed by atoms with E-state index in [1.54, 1.807) is 20.0 Å². The van der Waals surface area contributed by atoms with Crippen molar-refractivity contribution in [1.82, 2.24) is 9.47 Å². The minimum absolute atomic E-state index is 0.00351. The van der Waals surface area contributed by atoms with E-state index in [1.165, 1.54) is 9.47 Å². The Morgan fingerprint density at radius 3 is 2.74 bits per heavy atom. The third-order valence-electron chi connectivity index (χ3n) is 5.62. The van der Waals surface area contributed by atoms with Gasteiger partial charge in [0.05, 0.1) is 11.3 Å². The van der Waals surface area contributed by atoms with Gasteiger partial charge in [0.1, 0.15) is 21.8 Å². The molecule has 10 heteroatoms. The fraction of sp³-hybridized carbons (Fsp3) is 0.476. The number of carbonyl (C=O) groups excluding carboxylic acids is 1. The summed E-state index contributed by atoms with van der Waals surface area (Å²) in [6.45, 7) is 5.44. The molecule has 164 valence electrons. The maximum Gasteiger partial charge on any atom is 0.305 e. The number of rotatable bonds is 5. The summed E-state index contributed by atoms with van der Waals surface area (Å²) in [4.78, 5) is 40.4. The number of carbonyl (C=O) groups is 2. The Morgan fingerprint density at radius 2 is 2.13 bits per heavy atom. The molecular weight excluding hydrogens is 436 g/mol. The number of amides is 1. The Balaban J connectivity index is 2.12. The number of nitriles is 1. The largest absolute Gasteiger partial charge is 0.481 e. The first-order valence-electron chi connectivity index (χ1n) is 10.0. The molecule has 1 amide bonds. The Kier molecular flexibility index (Phi) is 6.86. The molecule has 0 aromatic carbocycles. The Bertz CT molecular complexity index is 1090. The van der Waals surface area contributed by atoms with Gasteiger partial charge in [0, 0.05) is 32.2 Å². The number of anilines is 1. The maximum atomic E-state index is 12.9. The number of aliphatic carboxylic acids is 1. The van der Waals surface area contributed by atoms with Crippen molar-refractivity contribution in [3.63, 3.8) is 0 Å². The lowest BCUT2D eigenvalue weighted by atomic mass is 9.98. The van der Waals surface area contributed by atoms with Crippen LogP contribution in [-0.2, 0) is 16.6 Å². The van der Waals surface area contributed by atoms with Crippen LogP contribution in [0.15, 0.2) is 9.70 Å². The van der Waals surface area contributed by atoms with Crippen molar-refractivity contribution in [3.8, 4) is 6.07 Å². The van der Waals surface area contributed by atoms with Crippen molar-refractivity contribution in [2.24, 2.45) is 13.0 Å². The molecule has 1 atom stereocenters. The van der Waals surface area contributed by atoms with Crippen molar-refractivity contribution in [2.75, 3.05) is 24.5 Å². The molecule has 2 aliphatic rings. The van der Waals surface area contributed by atoms with E-state index in [2.05, 4.69) is 11.8 Å². The van der Waals surface area contributed by atoms with E-state index in [-0.39, 0.29) is 30.0 Å². The second-order valence-corrected chi connectivity index (χ2v) is 9.56. The summed E-state index contributed by atoms with van der Waals surface area (Å²) in [7, 11) is 1.65. The highest BCUT2D eigenvalue weighted by Crippen LogP contribution is 2.36. The van der Waals surface area contributed by atoms with Gasteiger partial charge in [-0.05, 0) is 37.3 Å². The Hall–Kier alpha value is -2.64. The smallest absolute Gasteiger partial charge is 0.305 e. The molecule has 0 spiro atoms. The minimum Gasteiger partial charge on any atom is -0.481 e. The van der Waals surface area contributed by atoms with Crippen molar-refractivity contribution in [2.45, 2.75) is 33.1 Å². The standard InChI is InChI=1S/C21H24N4O4S2/c1-12-5-4-7-24(11-12)18-14(13(2)15(10-22)19(28)23(18)3)9-16-20(29)25(21(30)31-16)8-6-17(26)27/h9,12H,4-8,11H2,1-3H3,(H,26,27)/b16-9-. The third-order valence-corrected chi connectivity index (χ3v) is 7.00. The predicted octanol–water partition coefficient (Wildman–Crippen LogP) is 2.48. The lowest BCUT2D eigenvalue weighted by Crippen LogP contribution is -2.39. The van der Waals surface area contributed by atoms with E-state index >= 15 is 0 Å². The molecule has 8 nitrogen and oxygen atoms in total. The number of hydrogen-bond acceptors (Lipinski definition) is 7. The maximum absolute atomic E-state index is 12.9. The first-order chi connectivity index (χ1) is 14.6. The monoisotopic (exact) mass is 460 g/mol. The zero-order valence-corrected chi connectivity index (χ0v) is 19.3. The van der Waals surface area contributed by atoms with Gasteiger partial charge >= 0.3 is 5.97 Å². The van der Waals surface area contributed by atoms with Gasteiger partial charge in [-0.2, -0.15) is 5.26 Å². The number of thiocarbonyl (C=S) groups is 1. The van der Waals surface area contributed by atoms with Gasteiger partial charge in [0.15, 0.2) is 0 Å². The molecule has 31 heavy (non-hydrogen) atoms. The average Bonchev–Trinajstić information content (AvgIpc) is 2.97. The highest BCUT2D eigenvalue weighted by molar-refractivity contribution is 8.26. The topological polar surface area (TPSA) is 107 Å². The van der Waals surface area contributed by atoms with Crippen LogP contribution in [0.5, 0.6) is 0 Å². The van der Waals surface area contributed by atoms with Gasteiger partial charge in [-0.25, -0.2) is 0 Å². The minimum atomic E-state index is -1.01. The number of pyridine rings is 1. The zero-order valence-electron chi connectivity index (χ0n) is 17.7. The van der Waals surface area contributed by atoms with Crippen LogP contribution in [0.1, 0.15) is 42.9 Å². The van der Waals surface area contributed by atoms with Gasteiger partial charge in [0.2, 0.25) is 0 Å². The molecule has 2 aliphatic heterocycles. The van der Waals surface area contributed by atoms with Gasteiger partial charge in [-0.15, -0.1) is 0 Å². The van der Waals surface area contributed by atoms with Crippen LogP contribution in [0.3, 0.4) is 0 Å². The molecule has 1 aromatic rings. The molecule has 1 unspecified atom stereocenters. The number of hydrogen-bond donors (Lipinski definition) is 1. The van der Waals surface area contributed by atoms with E-state index in [4.69, 9.17) is 17.3 Å². The zero-order chi connectivity index (χ0) is 22.9. The van der Waals surface area contributed by atoms with E-state index in [1.807, 2.05) is 6.07 Å². The lowest BCUT2D eigenvalue weighted by Gasteiger charge is -2.35. The van der Waals surface area contributed by atoms with Gasteiger partial charge < -0.3 is 10.0 Å². The molecule has 2 saturated heterocycles. The summed E-state index contributed by atoms with van der Waals surface area (Å²) in [5.41, 5.74) is 0.851. The van der Waals surface area contributed by atoms with Crippen LogP contribution in [0.25, 0.3) is 6.08 Å². The molecule has 2 fully saturated rings. The van der Waals surface area contributed by atoms with Crippen molar-refractivity contribution >= 4 is 52.1 Å². The quantitative estimate of drug-likeness (QED) is 0.528. The van der Waals surface area contributed by atoms with Crippen molar-refractivity contribution in [3.05, 3.63) is 31.9 Å². The van der Waals surface area contributed by atoms with Crippen molar-refractivity contribution in [1.29, 1.82) is 5.26 Å². The third kappa shape index (κ3) is 4.52. The summed E-state index contributed by atoms with van der Waals surface area (Å²) in [5.74, 6) is -0.223. The SMILES string of the molecule is Cc1c(/C=C2\SC(=S)N(CCC(=O)O)C2=O)c(N2CCCC(C)C2)n(C)c(=O)c1C#N. The molecule has 0 radical (unpaired) electrons. The van der Waals surface area contributed by atoms with E-state index in [9.17, 15) is 19.6 Å². The summed E-state index contributed by atoms with van der Waals surface area (Å²) in [6, 6.07) is 2.00. The summed E-state index contributed by atoms with van der Waals surface area (Å²) in [6.07, 6.45) is 3.58. The number of aromatic nitrogens is 1. The van der Waals surface area contributed by atoms with Gasteiger partial charge in [0.25, 0.3) is 11.5 Å². The molecular formula is C21H24N4O4S2. The van der Waals surface area contributed by atoms with E-state index < -0.39 is 5.97 Å². The number of carboxylic acids is 1. The highest BCUT2D eigenvalue weighted by Gasteiger charge is 2.33. The second-order valence-electron chi connectivity index (χ2n) is 7.88. The predicted molar refractivity (Wildman–Crippen MR) is 124 cm³/mol. The van der Waals surface area contributed by atoms with Crippen LogP contribution in [-0.4, -0.2) is 50.4 Å². The molecule has 3 heterocycles. The number of thioether (sulfide) groups is 1. The fourth-order valence-corrected chi connectivity index (χ4v) is 5.30. The fourth-order valence-electron chi connectivity index (χ4n) is 4.01. The van der Waals surface area contributed by atoms with Crippen molar-refractivity contribution < 1.29 is 14.7 Å². The number of nitrogens with zero attached hydrogens (tertiary/aromatic N) is 4. The molecule has 0 aliphatic carbocycles. The van der Waals surface area contributed by atoms with E-state index in [0.29, 0.717) is 32.1 Å². The first kappa shape index (κ1) is 23.0. The summed E-state index contributed by atoms with van der Waals surface area (Å²) in [5, 5.41) is 18.5. The molecule has 1 aromatic heterocycles. The normalized spacial score (nSPS) is 20.5. The Morgan fingerprint density at radius 1 is 1.42 bits per heavy atom. The highest BCUT2D eigenvalue weighted by atomic mass is 32.2. The summed E-state index contributed by atoms with van der Waals surface area (Å²) < 4.78 is 1.79. The number of carboxylic acid groups (broad SMARTS) is 1. The molecule has 0 saturated carbocycles. The van der Waals surface area contributed by atoms with Crippen LogP contribution < -0.4 is 10.5 Å². The average molecular weight is 461 g/mol. The van der Waals surface area contributed by atoms with Crippen LogP contribution in [0, 0.1) is 24.2 Å². The van der Waals surface area contributed by atoms with Crippen LogP contribution in [0.4, 0.5) is 5.82 Å².